The first kappa shape index (κ1) is 18.5. The molecule has 0 saturated carbocycles. The number of likely N-dealkylation sites (tertiary alicyclic amines) is 2. The highest BCUT2D eigenvalue weighted by molar-refractivity contribution is 5.90. The summed E-state index contributed by atoms with van der Waals surface area (Å²) in [5, 5.41) is 2.35. The molecular formula is C17H21F3N4O2. The molecule has 0 atom stereocenters. The van der Waals surface area contributed by atoms with Gasteiger partial charge >= 0.3 is 12.2 Å². The Morgan fingerprint density at radius 1 is 1.12 bits per heavy atom. The summed E-state index contributed by atoms with van der Waals surface area (Å²) >= 11 is 0. The largest absolute Gasteiger partial charge is 0.418 e. The molecule has 6 nitrogen and oxygen atoms in total. The molecule has 26 heavy (non-hydrogen) atoms. The van der Waals surface area contributed by atoms with Gasteiger partial charge in [-0.15, -0.1) is 0 Å². The number of nitrogens with zero attached hydrogens (tertiary/aromatic N) is 2. The van der Waals surface area contributed by atoms with Gasteiger partial charge in [0.05, 0.1) is 11.3 Å². The Labute approximate surface area is 149 Å². The van der Waals surface area contributed by atoms with Crippen molar-refractivity contribution < 1.29 is 22.8 Å². The number of amides is 3. The number of piperidine rings is 1. The van der Waals surface area contributed by atoms with E-state index in [1.165, 1.54) is 23.1 Å². The number of primary amides is 1. The summed E-state index contributed by atoms with van der Waals surface area (Å²) in [7, 11) is 0. The Morgan fingerprint density at radius 2 is 1.73 bits per heavy atom. The van der Waals surface area contributed by atoms with Crippen LogP contribution in [0.15, 0.2) is 24.3 Å². The number of halogens is 3. The van der Waals surface area contributed by atoms with Gasteiger partial charge in [-0.25, -0.2) is 4.79 Å². The molecule has 0 unspecified atom stereocenters. The van der Waals surface area contributed by atoms with Crippen LogP contribution in [0.1, 0.15) is 18.4 Å². The lowest BCUT2D eigenvalue weighted by molar-refractivity contribution is -0.137. The van der Waals surface area contributed by atoms with Gasteiger partial charge in [0.1, 0.15) is 0 Å². The van der Waals surface area contributed by atoms with Crippen LogP contribution in [0.5, 0.6) is 0 Å². The van der Waals surface area contributed by atoms with Crippen LogP contribution in [0, 0.1) is 5.92 Å². The average Bonchev–Trinajstić information content (AvgIpc) is 2.53. The summed E-state index contributed by atoms with van der Waals surface area (Å²) in [6.45, 7) is 2.40. The summed E-state index contributed by atoms with van der Waals surface area (Å²) in [6, 6.07) is 4.56. The highest BCUT2D eigenvalue weighted by Gasteiger charge is 2.38. The summed E-state index contributed by atoms with van der Waals surface area (Å²) in [5.41, 5.74) is 4.21. The fourth-order valence-electron chi connectivity index (χ4n) is 3.43. The maximum absolute atomic E-state index is 13.0. The molecule has 3 amide bonds. The zero-order valence-electron chi connectivity index (χ0n) is 14.1. The molecule has 9 heteroatoms. The quantitative estimate of drug-likeness (QED) is 0.856. The van der Waals surface area contributed by atoms with Crippen molar-refractivity contribution in [3.05, 3.63) is 29.8 Å². The highest BCUT2D eigenvalue weighted by atomic mass is 19.4. The van der Waals surface area contributed by atoms with Gasteiger partial charge in [-0.1, -0.05) is 12.1 Å². The zero-order chi connectivity index (χ0) is 18.9. The van der Waals surface area contributed by atoms with Crippen molar-refractivity contribution in [1.82, 2.24) is 9.80 Å². The number of para-hydroxylation sites is 1. The van der Waals surface area contributed by atoms with Gasteiger partial charge in [-0.3, -0.25) is 9.69 Å². The third kappa shape index (κ3) is 3.92. The van der Waals surface area contributed by atoms with Crippen molar-refractivity contribution >= 4 is 17.6 Å². The minimum absolute atomic E-state index is 0.0930. The van der Waals surface area contributed by atoms with Gasteiger partial charge in [0.2, 0.25) is 5.91 Å². The number of alkyl halides is 3. The van der Waals surface area contributed by atoms with Crippen LogP contribution in [-0.4, -0.2) is 54.0 Å². The number of rotatable bonds is 3. The van der Waals surface area contributed by atoms with Crippen molar-refractivity contribution in [2.24, 2.45) is 11.7 Å². The normalized spacial score (nSPS) is 19.9. The lowest BCUT2D eigenvalue weighted by Crippen LogP contribution is -2.63. The van der Waals surface area contributed by atoms with Gasteiger partial charge < -0.3 is 16.0 Å². The van der Waals surface area contributed by atoms with Crippen LogP contribution in [0.3, 0.4) is 0 Å². The van der Waals surface area contributed by atoms with Crippen LogP contribution >= 0.6 is 0 Å². The maximum atomic E-state index is 13.0. The van der Waals surface area contributed by atoms with Crippen molar-refractivity contribution in [2.45, 2.75) is 25.1 Å². The zero-order valence-corrected chi connectivity index (χ0v) is 14.1. The van der Waals surface area contributed by atoms with E-state index in [4.69, 9.17) is 5.73 Å². The molecule has 0 radical (unpaired) electrons. The van der Waals surface area contributed by atoms with E-state index < -0.39 is 17.8 Å². The molecule has 2 aliphatic rings. The first-order valence-electron chi connectivity index (χ1n) is 8.51. The lowest BCUT2D eigenvalue weighted by Gasteiger charge is -2.47. The van der Waals surface area contributed by atoms with Crippen molar-refractivity contribution in [3.8, 4) is 0 Å². The number of anilines is 1. The SMILES string of the molecule is NC(=O)C1CCN(C2CN(C(=O)Nc3ccccc3C(F)(F)F)C2)CC1. The van der Waals surface area contributed by atoms with Gasteiger partial charge in [0.25, 0.3) is 0 Å². The van der Waals surface area contributed by atoms with E-state index in [9.17, 15) is 22.8 Å². The number of nitrogens with one attached hydrogen (secondary N) is 1. The number of urea groups is 1. The predicted molar refractivity (Wildman–Crippen MR) is 89.3 cm³/mol. The molecular weight excluding hydrogens is 349 g/mol. The molecule has 1 aromatic rings. The Balaban J connectivity index is 1.51. The van der Waals surface area contributed by atoms with Gasteiger partial charge in [-0.2, -0.15) is 13.2 Å². The molecule has 2 aliphatic heterocycles. The molecule has 0 aliphatic carbocycles. The van der Waals surface area contributed by atoms with E-state index in [1.807, 2.05) is 0 Å². The smallest absolute Gasteiger partial charge is 0.369 e. The third-order valence-electron chi connectivity index (χ3n) is 5.07. The van der Waals surface area contributed by atoms with E-state index in [0.717, 1.165) is 19.2 Å². The molecule has 2 saturated heterocycles. The van der Waals surface area contributed by atoms with Crippen LogP contribution < -0.4 is 11.1 Å². The van der Waals surface area contributed by atoms with Crippen molar-refractivity contribution in [1.29, 1.82) is 0 Å². The molecule has 0 bridgehead atoms. The molecule has 1 aromatic carbocycles. The number of hydrogen-bond donors (Lipinski definition) is 2. The minimum atomic E-state index is -4.52. The van der Waals surface area contributed by atoms with Gasteiger partial charge in [0, 0.05) is 25.0 Å². The van der Waals surface area contributed by atoms with E-state index >= 15 is 0 Å². The summed E-state index contributed by atoms with van der Waals surface area (Å²) in [4.78, 5) is 27.1. The molecule has 3 N–H and O–H groups in total. The van der Waals surface area contributed by atoms with Crippen LogP contribution in [-0.2, 0) is 11.0 Å². The molecule has 0 spiro atoms. The number of carbonyl (C=O) groups excluding carboxylic acids is 2. The van der Waals surface area contributed by atoms with Crippen molar-refractivity contribution in [3.63, 3.8) is 0 Å². The number of carbonyl (C=O) groups is 2. The first-order chi connectivity index (χ1) is 12.3. The van der Waals surface area contributed by atoms with Crippen LogP contribution in [0.25, 0.3) is 0 Å². The molecule has 2 fully saturated rings. The lowest BCUT2D eigenvalue weighted by atomic mass is 9.94. The van der Waals surface area contributed by atoms with Gasteiger partial charge in [-0.05, 0) is 38.1 Å². The molecule has 2 heterocycles. The Kier molecular flexibility index (Phi) is 5.08. The highest BCUT2D eigenvalue weighted by Crippen LogP contribution is 2.35. The molecule has 3 rings (SSSR count). The van der Waals surface area contributed by atoms with E-state index in [1.54, 1.807) is 0 Å². The number of benzene rings is 1. The topological polar surface area (TPSA) is 78.7 Å². The summed E-state index contributed by atoms with van der Waals surface area (Å²) in [6.07, 6.45) is -3.11. The third-order valence-corrected chi connectivity index (χ3v) is 5.07. The van der Waals surface area contributed by atoms with E-state index in [0.29, 0.717) is 25.9 Å². The molecule has 0 aromatic heterocycles. The summed E-state index contributed by atoms with van der Waals surface area (Å²) < 4.78 is 39.0. The molecule has 142 valence electrons. The van der Waals surface area contributed by atoms with Crippen LogP contribution in [0.4, 0.5) is 23.7 Å². The maximum Gasteiger partial charge on any atom is 0.418 e. The fourth-order valence-corrected chi connectivity index (χ4v) is 3.43. The van der Waals surface area contributed by atoms with Crippen molar-refractivity contribution in [2.75, 3.05) is 31.5 Å². The monoisotopic (exact) mass is 370 g/mol. The number of hydrogen-bond acceptors (Lipinski definition) is 3. The van der Waals surface area contributed by atoms with E-state index in [-0.39, 0.29) is 23.6 Å². The second-order valence-corrected chi connectivity index (χ2v) is 6.74. The second kappa shape index (κ2) is 7.14. The van der Waals surface area contributed by atoms with Gasteiger partial charge in [0.15, 0.2) is 0 Å². The predicted octanol–water partition coefficient (Wildman–Crippen LogP) is 2.12. The second-order valence-electron chi connectivity index (χ2n) is 6.74. The Morgan fingerprint density at radius 3 is 2.31 bits per heavy atom. The average molecular weight is 370 g/mol. The number of nitrogens with two attached hydrogens (primary N) is 1. The Bertz CT molecular complexity index is 681. The first-order valence-corrected chi connectivity index (χ1v) is 8.51. The van der Waals surface area contributed by atoms with Crippen LogP contribution in [0.2, 0.25) is 0 Å². The van der Waals surface area contributed by atoms with E-state index in [2.05, 4.69) is 10.2 Å². The minimum Gasteiger partial charge on any atom is -0.369 e. The summed E-state index contributed by atoms with van der Waals surface area (Å²) in [5.74, 6) is -0.368. The standard InChI is InChI=1S/C17H21F3N4O2/c18-17(19,20)13-3-1-2-4-14(13)22-16(26)24-9-12(10-24)23-7-5-11(6-8-23)15(21)25/h1-4,11-12H,5-10H2,(H2,21,25)(H,22,26). The Hall–Kier alpha value is -2.29. The fraction of sp³-hybridized carbons (Fsp3) is 0.529.